The molecule has 0 saturated carbocycles. The molecule has 1 aliphatic heterocycles. The number of anilines is 3. The number of esters is 1. The molecule has 0 aliphatic carbocycles. The zero-order chi connectivity index (χ0) is 25.9. The van der Waals surface area contributed by atoms with Crippen LogP contribution in [0.5, 0.6) is 0 Å². The van der Waals surface area contributed by atoms with Crippen LogP contribution in [0, 0.1) is 0 Å². The number of hydrogen-bond donors (Lipinski definition) is 1. The van der Waals surface area contributed by atoms with Crippen molar-refractivity contribution in [3.8, 4) is 0 Å². The first kappa shape index (κ1) is 25.6. The number of piperazine rings is 1. The molecule has 0 aromatic heterocycles. The lowest BCUT2D eigenvalue weighted by Crippen LogP contribution is -2.47. The lowest BCUT2D eigenvalue weighted by molar-refractivity contribution is -0.137. The molecular formula is C26H23BrF3N3O3. The van der Waals surface area contributed by atoms with Crippen LogP contribution in [-0.2, 0) is 10.9 Å². The van der Waals surface area contributed by atoms with Crippen molar-refractivity contribution in [2.75, 3.05) is 48.4 Å². The molecule has 1 heterocycles. The lowest BCUT2D eigenvalue weighted by Gasteiger charge is -2.39. The zero-order valence-corrected chi connectivity index (χ0v) is 20.9. The third-order valence-electron chi connectivity index (χ3n) is 5.94. The van der Waals surface area contributed by atoms with Crippen molar-refractivity contribution in [3.63, 3.8) is 0 Å². The van der Waals surface area contributed by atoms with Crippen LogP contribution < -0.4 is 15.1 Å². The van der Waals surface area contributed by atoms with E-state index in [1.54, 1.807) is 53.4 Å². The van der Waals surface area contributed by atoms with Gasteiger partial charge < -0.3 is 19.9 Å². The van der Waals surface area contributed by atoms with Crippen LogP contribution in [0.3, 0.4) is 0 Å². The van der Waals surface area contributed by atoms with Crippen molar-refractivity contribution in [1.29, 1.82) is 0 Å². The number of hydrogen-bond acceptors (Lipinski definition) is 5. The molecule has 6 nitrogen and oxygen atoms in total. The number of nitrogens with zero attached hydrogens (tertiary/aromatic N) is 2. The smallest absolute Gasteiger partial charge is 0.418 e. The molecular weight excluding hydrogens is 539 g/mol. The van der Waals surface area contributed by atoms with Gasteiger partial charge in [0.2, 0.25) is 0 Å². The van der Waals surface area contributed by atoms with E-state index < -0.39 is 17.7 Å². The number of alkyl halides is 3. The van der Waals surface area contributed by atoms with E-state index in [0.29, 0.717) is 43.1 Å². The number of benzene rings is 3. The Hall–Kier alpha value is -3.53. The monoisotopic (exact) mass is 561 g/mol. The molecule has 1 fully saturated rings. The molecule has 3 aromatic rings. The summed E-state index contributed by atoms with van der Waals surface area (Å²) in [5, 5.41) is 2.87. The first-order valence-electron chi connectivity index (χ1n) is 11.1. The van der Waals surface area contributed by atoms with Crippen molar-refractivity contribution in [2.24, 2.45) is 0 Å². The maximum atomic E-state index is 13.5. The van der Waals surface area contributed by atoms with Crippen molar-refractivity contribution >= 4 is 44.9 Å². The molecule has 188 valence electrons. The largest absolute Gasteiger partial charge is 0.465 e. The van der Waals surface area contributed by atoms with Crippen molar-refractivity contribution in [1.82, 2.24) is 0 Å². The highest BCUT2D eigenvalue weighted by molar-refractivity contribution is 9.10. The standard InChI is InChI=1S/C26H23BrF3N3O3/c1-36-25(35)18-8-11-23(21(16-18)31-24(34)17-6-9-19(27)10-7-17)33-14-12-32(13-15-33)22-5-3-2-4-20(22)26(28,29)30/h2-11,16H,12-15H2,1H3,(H,31,34). The van der Waals surface area contributed by atoms with E-state index in [4.69, 9.17) is 4.74 Å². The first-order valence-corrected chi connectivity index (χ1v) is 11.9. The molecule has 1 N–H and O–H groups in total. The Bertz CT molecular complexity index is 1260. The summed E-state index contributed by atoms with van der Waals surface area (Å²) in [5.74, 6) is -0.905. The van der Waals surface area contributed by atoms with Gasteiger partial charge in [0.25, 0.3) is 5.91 Å². The summed E-state index contributed by atoms with van der Waals surface area (Å²) < 4.78 is 46.1. The summed E-state index contributed by atoms with van der Waals surface area (Å²) in [5.41, 5.74) is 1.26. The number of ether oxygens (including phenoxy) is 1. The Balaban J connectivity index is 1.57. The second-order valence-corrected chi connectivity index (χ2v) is 9.09. The fraction of sp³-hybridized carbons (Fsp3) is 0.231. The van der Waals surface area contributed by atoms with E-state index in [-0.39, 0.29) is 17.2 Å². The second kappa shape index (κ2) is 10.6. The molecule has 0 atom stereocenters. The zero-order valence-electron chi connectivity index (χ0n) is 19.3. The minimum atomic E-state index is -4.44. The van der Waals surface area contributed by atoms with Gasteiger partial charge in [-0.2, -0.15) is 13.2 Å². The maximum Gasteiger partial charge on any atom is 0.418 e. The summed E-state index contributed by atoms with van der Waals surface area (Å²) in [6.45, 7) is 1.55. The highest BCUT2D eigenvalue weighted by atomic mass is 79.9. The van der Waals surface area contributed by atoms with Gasteiger partial charge in [-0.1, -0.05) is 28.1 Å². The highest BCUT2D eigenvalue weighted by Gasteiger charge is 2.35. The van der Waals surface area contributed by atoms with E-state index in [9.17, 15) is 22.8 Å². The lowest BCUT2D eigenvalue weighted by atomic mass is 10.1. The number of amides is 1. The van der Waals surface area contributed by atoms with Crippen LogP contribution in [-0.4, -0.2) is 45.2 Å². The van der Waals surface area contributed by atoms with Gasteiger partial charge in [0.05, 0.1) is 29.6 Å². The Morgan fingerprint density at radius 3 is 2.06 bits per heavy atom. The van der Waals surface area contributed by atoms with Gasteiger partial charge in [-0.3, -0.25) is 4.79 Å². The number of halogens is 4. The molecule has 1 amide bonds. The Morgan fingerprint density at radius 2 is 1.44 bits per heavy atom. The van der Waals surface area contributed by atoms with Crippen LogP contribution in [0.4, 0.5) is 30.2 Å². The first-order chi connectivity index (χ1) is 17.2. The van der Waals surface area contributed by atoms with Gasteiger partial charge in [-0.05, 0) is 54.6 Å². The van der Waals surface area contributed by atoms with Gasteiger partial charge in [0.1, 0.15) is 0 Å². The summed E-state index contributed by atoms with van der Waals surface area (Å²) >= 11 is 3.34. The van der Waals surface area contributed by atoms with Gasteiger partial charge >= 0.3 is 12.1 Å². The predicted octanol–water partition coefficient (Wildman–Crippen LogP) is 5.83. The summed E-state index contributed by atoms with van der Waals surface area (Å²) in [6.07, 6.45) is -4.44. The van der Waals surface area contributed by atoms with Crippen LogP contribution in [0.15, 0.2) is 71.2 Å². The number of para-hydroxylation sites is 1. The number of nitrogens with one attached hydrogen (secondary N) is 1. The Morgan fingerprint density at radius 1 is 0.861 bits per heavy atom. The summed E-state index contributed by atoms with van der Waals surface area (Å²) in [4.78, 5) is 28.7. The van der Waals surface area contributed by atoms with Crippen LogP contribution in [0.2, 0.25) is 0 Å². The van der Waals surface area contributed by atoms with E-state index in [2.05, 4.69) is 21.2 Å². The van der Waals surface area contributed by atoms with Crippen LogP contribution in [0.1, 0.15) is 26.3 Å². The predicted molar refractivity (Wildman–Crippen MR) is 136 cm³/mol. The third kappa shape index (κ3) is 5.64. The SMILES string of the molecule is COC(=O)c1ccc(N2CCN(c3ccccc3C(F)(F)F)CC2)c(NC(=O)c2ccc(Br)cc2)c1. The number of carbonyl (C=O) groups excluding carboxylic acids is 2. The number of methoxy groups -OCH3 is 1. The van der Waals surface area contributed by atoms with Gasteiger partial charge in [0.15, 0.2) is 0 Å². The topological polar surface area (TPSA) is 61.9 Å². The normalized spacial score (nSPS) is 13.9. The Labute approximate surface area is 214 Å². The van der Waals surface area contributed by atoms with E-state index in [1.807, 2.05) is 4.90 Å². The van der Waals surface area contributed by atoms with Crippen LogP contribution in [0.25, 0.3) is 0 Å². The fourth-order valence-corrected chi connectivity index (χ4v) is 4.39. The number of carbonyl (C=O) groups is 2. The second-order valence-electron chi connectivity index (χ2n) is 8.17. The fourth-order valence-electron chi connectivity index (χ4n) is 4.13. The van der Waals surface area contributed by atoms with E-state index in [1.165, 1.54) is 19.2 Å². The minimum Gasteiger partial charge on any atom is -0.465 e. The minimum absolute atomic E-state index is 0.148. The van der Waals surface area contributed by atoms with E-state index in [0.717, 1.165) is 10.5 Å². The quantitative estimate of drug-likeness (QED) is 0.397. The maximum absolute atomic E-state index is 13.5. The molecule has 0 radical (unpaired) electrons. The average molecular weight is 562 g/mol. The van der Waals surface area contributed by atoms with Crippen LogP contribution >= 0.6 is 15.9 Å². The van der Waals surface area contributed by atoms with Crippen molar-refractivity contribution in [3.05, 3.63) is 87.9 Å². The molecule has 4 rings (SSSR count). The molecule has 0 unspecified atom stereocenters. The molecule has 1 saturated heterocycles. The van der Waals surface area contributed by atoms with Gasteiger partial charge in [-0.15, -0.1) is 0 Å². The average Bonchev–Trinajstić information content (AvgIpc) is 2.88. The third-order valence-corrected chi connectivity index (χ3v) is 6.47. The molecule has 3 aromatic carbocycles. The van der Waals surface area contributed by atoms with Crippen molar-refractivity contribution < 1.29 is 27.5 Å². The summed E-state index contributed by atoms with van der Waals surface area (Å²) in [6, 6.07) is 17.2. The highest BCUT2D eigenvalue weighted by Crippen LogP contribution is 2.37. The molecule has 0 bridgehead atoms. The molecule has 36 heavy (non-hydrogen) atoms. The summed E-state index contributed by atoms with van der Waals surface area (Å²) in [7, 11) is 1.27. The molecule has 0 spiro atoms. The van der Waals surface area contributed by atoms with Gasteiger partial charge in [-0.25, -0.2) is 4.79 Å². The Kier molecular flexibility index (Phi) is 7.53. The number of rotatable bonds is 5. The molecule has 1 aliphatic rings. The van der Waals surface area contributed by atoms with E-state index >= 15 is 0 Å². The molecule has 10 heteroatoms. The van der Waals surface area contributed by atoms with Crippen molar-refractivity contribution in [2.45, 2.75) is 6.18 Å². The van der Waals surface area contributed by atoms with Gasteiger partial charge in [0, 0.05) is 41.9 Å².